The second-order valence-electron chi connectivity index (χ2n) is 4.42. The van der Waals surface area contributed by atoms with Crippen molar-refractivity contribution in [3.63, 3.8) is 0 Å². The molecule has 0 saturated carbocycles. The molecule has 0 amide bonds. The van der Waals surface area contributed by atoms with Gasteiger partial charge in [-0.15, -0.1) is 0 Å². The van der Waals surface area contributed by atoms with Crippen molar-refractivity contribution in [2.45, 2.75) is 20.3 Å². The number of hydrogen-bond donors (Lipinski definition) is 0. The zero-order valence-corrected chi connectivity index (χ0v) is 10.4. The average molecular weight is 223 g/mol. The lowest BCUT2D eigenvalue weighted by molar-refractivity contribution is 1.04. The number of hydrogen-bond acceptors (Lipinski definition) is 1. The Balaban J connectivity index is 2.28. The van der Waals surface area contributed by atoms with E-state index in [0.29, 0.717) is 0 Å². The van der Waals surface area contributed by atoms with E-state index in [1.807, 2.05) is 19.2 Å². The van der Waals surface area contributed by atoms with Crippen LogP contribution in [0.4, 0.5) is 0 Å². The molecule has 1 aromatic heterocycles. The maximum atomic E-state index is 4.43. The molecule has 86 valence electrons. The van der Waals surface area contributed by atoms with Crippen molar-refractivity contribution in [3.8, 4) is 0 Å². The van der Waals surface area contributed by atoms with Crippen LogP contribution in [0.25, 0.3) is 5.57 Å². The van der Waals surface area contributed by atoms with Crippen LogP contribution < -0.4 is 0 Å². The van der Waals surface area contributed by atoms with Gasteiger partial charge in [0.1, 0.15) is 0 Å². The van der Waals surface area contributed by atoms with Gasteiger partial charge in [0.15, 0.2) is 0 Å². The highest BCUT2D eigenvalue weighted by Crippen LogP contribution is 2.16. The van der Waals surface area contributed by atoms with Gasteiger partial charge in [-0.3, -0.25) is 4.98 Å². The minimum Gasteiger partial charge on any atom is -0.261 e. The fourth-order valence-corrected chi connectivity index (χ4v) is 1.84. The van der Waals surface area contributed by atoms with Crippen LogP contribution in [0.2, 0.25) is 0 Å². The van der Waals surface area contributed by atoms with Crippen molar-refractivity contribution in [3.05, 3.63) is 71.6 Å². The summed E-state index contributed by atoms with van der Waals surface area (Å²) in [6.07, 6.45) is 2.73. The molecule has 0 radical (unpaired) electrons. The van der Waals surface area contributed by atoms with Crippen molar-refractivity contribution < 1.29 is 0 Å². The third kappa shape index (κ3) is 2.82. The minimum atomic E-state index is 0.883. The normalized spacial score (nSPS) is 10.2. The van der Waals surface area contributed by atoms with Crippen LogP contribution in [0.3, 0.4) is 0 Å². The monoisotopic (exact) mass is 223 g/mol. The molecular weight excluding hydrogens is 206 g/mol. The van der Waals surface area contributed by atoms with Gasteiger partial charge in [0.2, 0.25) is 0 Å². The first kappa shape index (κ1) is 11.6. The number of allylic oxidation sites excluding steroid dienone is 1. The molecule has 0 aliphatic heterocycles. The van der Waals surface area contributed by atoms with Crippen LogP contribution >= 0.6 is 0 Å². The summed E-state index contributed by atoms with van der Waals surface area (Å²) in [6, 6.07) is 12.6. The summed E-state index contributed by atoms with van der Waals surface area (Å²) in [5, 5.41) is 0. The van der Waals surface area contributed by atoms with E-state index in [2.05, 4.69) is 48.8 Å². The van der Waals surface area contributed by atoms with E-state index in [1.54, 1.807) is 0 Å². The summed E-state index contributed by atoms with van der Waals surface area (Å²) in [7, 11) is 0. The molecule has 0 N–H and O–H groups in total. The van der Waals surface area contributed by atoms with Gasteiger partial charge in [0.25, 0.3) is 0 Å². The van der Waals surface area contributed by atoms with Crippen molar-refractivity contribution in [2.75, 3.05) is 0 Å². The maximum Gasteiger partial charge on any atom is 0.0476 e. The molecule has 2 aromatic rings. The average Bonchev–Trinajstić information content (AvgIpc) is 2.32. The Bertz CT molecular complexity index is 541. The van der Waals surface area contributed by atoms with E-state index in [1.165, 1.54) is 16.7 Å². The van der Waals surface area contributed by atoms with Crippen LogP contribution in [0, 0.1) is 6.92 Å². The number of aryl methyl sites for hydroxylation is 1. The lowest BCUT2D eigenvalue weighted by atomic mass is 10.0. The molecule has 0 spiro atoms. The van der Waals surface area contributed by atoms with E-state index in [4.69, 9.17) is 0 Å². The van der Waals surface area contributed by atoms with E-state index < -0.39 is 0 Å². The fraction of sp³-hybridized carbons (Fsp3) is 0.188. The predicted molar refractivity (Wildman–Crippen MR) is 72.9 cm³/mol. The summed E-state index contributed by atoms with van der Waals surface area (Å²) in [6.45, 7) is 8.11. The number of aromatic nitrogens is 1. The number of nitrogens with zero attached hydrogens (tertiary/aromatic N) is 1. The van der Waals surface area contributed by atoms with Gasteiger partial charge in [0, 0.05) is 18.3 Å². The first-order valence-corrected chi connectivity index (χ1v) is 5.82. The molecule has 0 bridgehead atoms. The van der Waals surface area contributed by atoms with Gasteiger partial charge < -0.3 is 0 Å². The smallest absolute Gasteiger partial charge is 0.0476 e. The van der Waals surface area contributed by atoms with Crippen LogP contribution in [0.15, 0.2) is 49.2 Å². The predicted octanol–water partition coefficient (Wildman–Crippen LogP) is 4.01. The summed E-state index contributed by atoms with van der Waals surface area (Å²) >= 11 is 0. The van der Waals surface area contributed by atoms with Gasteiger partial charge >= 0.3 is 0 Å². The Morgan fingerprint density at radius 2 is 2.06 bits per heavy atom. The highest BCUT2D eigenvalue weighted by atomic mass is 14.7. The third-order valence-electron chi connectivity index (χ3n) is 2.91. The second kappa shape index (κ2) is 4.96. The lowest BCUT2D eigenvalue weighted by Crippen LogP contribution is -1.95. The molecule has 0 aliphatic rings. The van der Waals surface area contributed by atoms with E-state index in [0.717, 1.165) is 17.7 Å². The molecule has 1 heteroatoms. The van der Waals surface area contributed by atoms with Crippen LogP contribution in [-0.4, -0.2) is 4.98 Å². The van der Waals surface area contributed by atoms with Gasteiger partial charge in [-0.25, -0.2) is 0 Å². The van der Waals surface area contributed by atoms with Crippen LogP contribution in [-0.2, 0) is 6.42 Å². The standard InChI is InChI=1S/C16H17N/c1-12(2)15-8-4-7-14(10-15)11-16-13(3)6-5-9-17-16/h4-10H,1,11H2,2-3H3. The summed E-state index contributed by atoms with van der Waals surface area (Å²) < 4.78 is 0. The molecule has 2 rings (SSSR count). The first-order chi connectivity index (χ1) is 8.16. The highest BCUT2D eigenvalue weighted by molar-refractivity contribution is 5.61. The van der Waals surface area contributed by atoms with E-state index in [9.17, 15) is 0 Å². The van der Waals surface area contributed by atoms with Gasteiger partial charge in [-0.2, -0.15) is 0 Å². The topological polar surface area (TPSA) is 12.9 Å². The molecule has 0 unspecified atom stereocenters. The molecule has 0 saturated heterocycles. The number of benzene rings is 1. The number of rotatable bonds is 3. The Hall–Kier alpha value is -1.89. The molecule has 1 aromatic carbocycles. The summed E-state index contributed by atoms with van der Waals surface area (Å²) in [5.41, 5.74) is 5.98. The zero-order chi connectivity index (χ0) is 12.3. The van der Waals surface area contributed by atoms with Gasteiger partial charge in [-0.1, -0.05) is 42.5 Å². The lowest BCUT2D eigenvalue weighted by Gasteiger charge is -2.06. The van der Waals surface area contributed by atoms with E-state index >= 15 is 0 Å². The first-order valence-electron chi connectivity index (χ1n) is 5.82. The molecule has 1 nitrogen and oxygen atoms in total. The molecule has 0 atom stereocenters. The molecule has 17 heavy (non-hydrogen) atoms. The zero-order valence-electron chi connectivity index (χ0n) is 10.4. The Morgan fingerprint density at radius 3 is 2.76 bits per heavy atom. The van der Waals surface area contributed by atoms with Crippen molar-refractivity contribution in [2.24, 2.45) is 0 Å². The second-order valence-corrected chi connectivity index (χ2v) is 4.42. The summed E-state index contributed by atoms with van der Waals surface area (Å²) in [5.74, 6) is 0. The third-order valence-corrected chi connectivity index (χ3v) is 2.91. The quantitative estimate of drug-likeness (QED) is 0.766. The van der Waals surface area contributed by atoms with Crippen LogP contribution in [0.5, 0.6) is 0 Å². The van der Waals surface area contributed by atoms with Crippen molar-refractivity contribution >= 4 is 5.57 Å². The van der Waals surface area contributed by atoms with E-state index in [-0.39, 0.29) is 0 Å². The Labute approximate surface area is 103 Å². The van der Waals surface area contributed by atoms with Crippen molar-refractivity contribution in [1.29, 1.82) is 0 Å². The van der Waals surface area contributed by atoms with Gasteiger partial charge in [0.05, 0.1) is 0 Å². The van der Waals surface area contributed by atoms with Gasteiger partial charge in [-0.05, 0) is 36.6 Å². The van der Waals surface area contributed by atoms with Crippen molar-refractivity contribution in [1.82, 2.24) is 4.98 Å². The molecule has 1 heterocycles. The minimum absolute atomic E-state index is 0.883. The highest BCUT2D eigenvalue weighted by Gasteiger charge is 2.02. The molecule has 0 aliphatic carbocycles. The SMILES string of the molecule is C=C(C)c1cccc(Cc2ncccc2C)c1. The molecular formula is C16H17N. The fourth-order valence-electron chi connectivity index (χ4n) is 1.84. The summed E-state index contributed by atoms with van der Waals surface area (Å²) in [4.78, 5) is 4.43. The van der Waals surface area contributed by atoms with Crippen LogP contribution in [0.1, 0.15) is 29.3 Å². The maximum absolute atomic E-state index is 4.43. The Morgan fingerprint density at radius 1 is 1.24 bits per heavy atom. The Kier molecular flexibility index (Phi) is 3.38. The molecule has 0 fully saturated rings. The largest absolute Gasteiger partial charge is 0.261 e. The number of pyridine rings is 1.